The van der Waals surface area contributed by atoms with E-state index in [0.29, 0.717) is 25.6 Å². The molecule has 7 heteroatoms. The van der Waals surface area contributed by atoms with E-state index in [9.17, 15) is 9.59 Å². The van der Waals surface area contributed by atoms with Crippen molar-refractivity contribution in [1.82, 2.24) is 4.57 Å². The van der Waals surface area contributed by atoms with E-state index in [-0.39, 0.29) is 5.56 Å². The topological polar surface area (TPSA) is 60.7 Å². The third-order valence-corrected chi connectivity index (χ3v) is 6.26. The number of hydrogen-bond acceptors (Lipinski definition) is 5. The van der Waals surface area contributed by atoms with Gasteiger partial charge in [-0.15, -0.1) is 0 Å². The van der Waals surface area contributed by atoms with Crippen LogP contribution in [-0.2, 0) is 9.53 Å². The van der Waals surface area contributed by atoms with Crippen molar-refractivity contribution in [3.05, 3.63) is 108 Å². The Bertz CT molecular complexity index is 1380. The predicted molar refractivity (Wildman–Crippen MR) is 124 cm³/mol. The molecule has 4 rings (SSSR count). The van der Waals surface area contributed by atoms with Crippen LogP contribution in [0.25, 0.3) is 12.2 Å². The lowest BCUT2D eigenvalue weighted by molar-refractivity contribution is -0.136. The third-order valence-electron chi connectivity index (χ3n) is 4.93. The highest BCUT2D eigenvalue weighted by Gasteiger charge is 2.30. The fourth-order valence-corrected chi connectivity index (χ4v) is 4.65. The van der Waals surface area contributed by atoms with Gasteiger partial charge in [0, 0.05) is 5.02 Å². The van der Waals surface area contributed by atoms with Crippen molar-refractivity contribution < 1.29 is 9.53 Å². The number of aromatic nitrogens is 1. The van der Waals surface area contributed by atoms with Crippen molar-refractivity contribution in [2.75, 3.05) is 7.11 Å². The number of methoxy groups -OCH3 is 1. The second kappa shape index (κ2) is 8.88. The van der Waals surface area contributed by atoms with Crippen LogP contribution in [0, 0.1) is 0 Å². The minimum Gasteiger partial charge on any atom is -0.466 e. The van der Waals surface area contributed by atoms with Crippen LogP contribution in [0.1, 0.15) is 24.1 Å². The second-order valence-corrected chi connectivity index (χ2v) is 8.32. The van der Waals surface area contributed by atoms with Crippen LogP contribution >= 0.6 is 22.9 Å². The first kappa shape index (κ1) is 21.0. The largest absolute Gasteiger partial charge is 0.466 e. The number of nitrogens with zero attached hydrogens (tertiary/aromatic N) is 2. The molecule has 0 saturated heterocycles. The van der Waals surface area contributed by atoms with Gasteiger partial charge < -0.3 is 4.74 Å². The van der Waals surface area contributed by atoms with Gasteiger partial charge in [-0.25, -0.2) is 9.79 Å². The SMILES string of the molecule is COC(=O)C1=C(C)N=c2s/c(=C/c3ccccc3Cl)c(=O)n2C1/C=C/c1ccccc1. The van der Waals surface area contributed by atoms with Crippen LogP contribution < -0.4 is 14.9 Å². The normalized spacial score (nSPS) is 16.4. The van der Waals surface area contributed by atoms with E-state index in [1.165, 1.54) is 23.0 Å². The van der Waals surface area contributed by atoms with Gasteiger partial charge in [-0.3, -0.25) is 9.36 Å². The number of carbonyl (C=O) groups excluding carboxylic acids is 1. The summed E-state index contributed by atoms with van der Waals surface area (Å²) in [5.74, 6) is -0.510. The molecule has 2 aromatic carbocycles. The molecule has 0 saturated carbocycles. The molecule has 1 aliphatic rings. The number of carbonyl (C=O) groups is 1. The molecule has 5 nitrogen and oxygen atoms in total. The number of ether oxygens (including phenoxy) is 1. The van der Waals surface area contributed by atoms with Gasteiger partial charge in [-0.2, -0.15) is 0 Å². The number of hydrogen-bond donors (Lipinski definition) is 0. The average molecular weight is 451 g/mol. The molecule has 1 atom stereocenters. The van der Waals surface area contributed by atoms with Crippen molar-refractivity contribution >= 4 is 41.1 Å². The number of esters is 1. The van der Waals surface area contributed by atoms with Crippen molar-refractivity contribution in [3.8, 4) is 0 Å². The fraction of sp³-hybridized carbons (Fsp3) is 0.125. The minimum absolute atomic E-state index is 0.236. The van der Waals surface area contributed by atoms with E-state index in [1.807, 2.05) is 60.7 Å². The number of thiazole rings is 1. The molecular formula is C24H19ClN2O3S. The third kappa shape index (κ3) is 4.17. The second-order valence-electron chi connectivity index (χ2n) is 6.91. The summed E-state index contributed by atoms with van der Waals surface area (Å²) in [6.07, 6.45) is 5.47. The standard InChI is InChI=1S/C24H19ClN2O3S/c1-15-21(23(29)30-2)19(13-12-16-8-4-3-5-9-16)27-22(28)20(31-24(27)26-15)14-17-10-6-7-11-18(17)25/h3-14,19H,1-2H3/b13-12+,20-14+. The molecule has 1 aliphatic heterocycles. The van der Waals surface area contributed by atoms with Crippen LogP contribution in [0.15, 0.2) is 81.7 Å². The highest BCUT2D eigenvalue weighted by atomic mass is 35.5. The molecule has 31 heavy (non-hydrogen) atoms. The zero-order valence-corrected chi connectivity index (χ0v) is 18.5. The Kier molecular flexibility index (Phi) is 6.02. The van der Waals surface area contributed by atoms with Crippen molar-refractivity contribution in [2.45, 2.75) is 13.0 Å². The first-order valence-electron chi connectivity index (χ1n) is 9.58. The van der Waals surface area contributed by atoms with Crippen LogP contribution in [0.3, 0.4) is 0 Å². The summed E-state index contributed by atoms with van der Waals surface area (Å²) in [6.45, 7) is 1.75. The maximum Gasteiger partial charge on any atom is 0.338 e. The van der Waals surface area contributed by atoms with E-state index in [1.54, 1.807) is 19.1 Å². The van der Waals surface area contributed by atoms with Gasteiger partial charge in [0.15, 0.2) is 4.80 Å². The van der Waals surface area contributed by atoms with E-state index in [2.05, 4.69) is 4.99 Å². The highest BCUT2D eigenvalue weighted by Crippen LogP contribution is 2.26. The first-order chi connectivity index (χ1) is 15.0. The molecule has 0 bridgehead atoms. The van der Waals surface area contributed by atoms with Gasteiger partial charge in [0.1, 0.15) is 0 Å². The lowest BCUT2D eigenvalue weighted by Crippen LogP contribution is -2.38. The van der Waals surface area contributed by atoms with Crippen LogP contribution in [-0.4, -0.2) is 17.6 Å². The molecule has 0 amide bonds. The lowest BCUT2D eigenvalue weighted by Gasteiger charge is -2.21. The number of halogens is 1. The van der Waals surface area contributed by atoms with Gasteiger partial charge in [0.2, 0.25) is 0 Å². The first-order valence-corrected chi connectivity index (χ1v) is 10.8. The molecule has 3 aromatic rings. The lowest BCUT2D eigenvalue weighted by atomic mass is 10.0. The van der Waals surface area contributed by atoms with Gasteiger partial charge in [-0.1, -0.05) is 83.6 Å². The summed E-state index contributed by atoms with van der Waals surface area (Å²) < 4.78 is 7.01. The molecule has 2 heterocycles. The van der Waals surface area contributed by atoms with E-state index < -0.39 is 12.0 Å². The Morgan fingerprint density at radius 3 is 2.58 bits per heavy atom. The summed E-state index contributed by atoms with van der Waals surface area (Å²) in [5.41, 5.74) is 2.33. The number of allylic oxidation sites excluding steroid dienone is 2. The summed E-state index contributed by atoms with van der Waals surface area (Å²) in [5, 5.41) is 0.556. The zero-order valence-electron chi connectivity index (χ0n) is 16.9. The molecular weight excluding hydrogens is 432 g/mol. The summed E-state index contributed by atoms with van der Waals surface area (Å²) in [7, 11) is 1.32. The summed E-state index contributed by atoms with van der Waals surface area (Å²) in [6, 6.07) is 16.4. The predicted octanol–water partition coefficient (Wildman–Crippen LogP) is 3.73. The van der Waals surface area contributed by atoms with Crippen molar-refractivity contribution in [1.29, 1.82) is 0 Å². The fourth-order valence-electron chi connectivity index (χ4n) is 3.42. The molecule has 1 unspecified atom stereocenters. The molecule has 0 aliphatic carbocycles. The quantitative estimate of drug-likeness (QED) is 0.569. The smallest absolute Gasteiger partial charge is 0.338 e. The molecule has 0 fully saturated rings. The molecule has 0 spiro atoms. The van der Waals surface area contributed by atoms with Crippen molar-refractivity contribution in [3.63, 3.8) is 0 Å². The van der Waals surface area contributed by atoms with E-state index in [4.69, 9.17) is 16.3 Å². The Morgan fingerprint density at radius 1 is 1.16 bits per heavy atom. The zero-order chi connectivity index (χ0) is 22.0. The summed E-state index contributed by atoms with van der Waals surface area (Å²) >= 11 is 7.53. The number of benzene rings is 2. The van der Waals surface area contributed by atoms with E-state index in [0.717, 1.165) is 11.1 Å². The van der Waals surface area contributed by atoms with Gasteiger partial charge >= 0.3 is 5.97 Å². The number of rotatable bonds is 4. The maximum atomic E-state index is 13.3. The Morgan fingerprint density at radius 2 is 1.87 bits per heavy atom. The molecule has 1 aromatic heterocycles. The molecule has 0 radical (unpaired) electrons. The highest BCUT2D eigenvalue weighted by molar-refractivity contribution is 7.07. The number of fused-ring (bicyclic) bond motifs is 1. The Hall–Kier alpha value is -3.22. The summed E-state index contributed by atoms with van der Waals surface area (Å²) in [4.78, 5) is 30.9. The van der Waals surface area contributed by atoms with Crippen LogP contribution in [0.4, 0.5) is 0 Å². The molecule has 156 valence electrons. The van der Waals surface area contributed by atoms with Gasteiger partial charge in [0.25, 0.3) is 5.56 Å². The minimum atomic E-state index is -0.627. The van der Waals surface area contributed by atoms with Crippen molar-refractivity contribution in [2.24, 2.45) is 4.99 Å². The van der Waals surface area contributed by atoms with E-state index >= 15 is 0 Å². The monoisotopic (exact) mass is 450 g/mol. The molecule has 0 N–H and O–H groups in total. The van der Waals surface area contributed by atoms with Crippen LogP contribution in [0.2, 0.25) is 5.02 Å². The maximum absolute atomic E-state index is 13.3. The Labute approximate surface area is 187 Å². The Balaban J connectivity index is 1.90. The average Bonchev–Trinajstić information content (AvgIpc) is 3.08. The van der Waals surface area contributed by atoms with Gasteiger partial charge in [-0.05, 0) is 30.2 Å². The van der Waals surface area contributed by atoms with Gasteiger partial charge in [0.05, 0.1) is 29.0 Å². The van der Waals surface area contributed by atoms with Crippen LogP contribution in [0.5, 0.6) is 0 Å².